The number of likely N-dealkylation sites (N-methyl/N-ethyl adjacent to an activating group) is 1. The SMILES string of the molecule is C=C/C=C(/c1cc(F)cc(NCCN(C)C)c1)c1nc(-c2nn(PI)c3ncc(-c4cncc(NC(=C)CCCC)c4)cc23)[nH]c1C. The van der Waals surface area contributed by atoms with Gasteiger partial charge < -0.3 is 20.5 Å². The van der Waals surface area contributed by atoms with Crippen LogP contribution in [0.3, 0.4) is 0 Å². The molecule has 9 nitrogen and oxygen atoms in total. The molecule has 0 spiro atoms. The molecule has 12 heteroatoms. The molecule has 4 heterocycles. The molecule has 0 aliphatic carbocycles. The van der Waals surface area contributed by atoms with Gasteiger partial charge in [-0.1, -0.05) is 38.7 Å². The zero-order valence-electron chi connectivity index (χ0n) is 27.2. The quantitative estimate of drug-likeness (QED) is 0.0557. The molecule has 1 unspecified atom stereocenters. The summed E-state index contributed by atoms with van der Waals surface area (Å²) in [5.74, 6) is 0.273. The van der Waals surface area contributed by atoms with Crippen molar-refractivity contribution in [1.82, 2.24) is 34.4 Å². The van der Waals surface area contributed by atoms with Gasteiger partial charge in [0.15, 0.2) is 11.5 Å². The van der Waals surface area contributed by atoms with Crippen molar-refractivity contribution in [3.05, 3.63) is 103 Å². The van der Waals surface area contributed by atoms with Gasteiger partial charge in [-0.05, 0) is 91.8 Å². The van der Waals surface area contributed by atoms with Crippen LogP contribution in [0.2, 0.25) is 0 Å². The van der Waals surface area contributed by atoms with Crippen LogP contribution in [0.15, 0.2) is 79.9 Å². The number of benzene rings is 1. The Bertz CT molecular complexity index is 1930. The first-order valence-corrected chi connectivity index (χ1v) is 19.5. The number of allylic oxidation sites excluding steroid dienone is 3. The molecular weight excluding hydrogens is 723 g/mol. The molecule has 0 aliphatic heterocycles. The highest BCUT2D eigenvalue weighted by Crippen LogP contribution is 2.37. The Labute approximate surface area is 290 Å². The normalized spacial score (nSPS) is 12.0. The molecule has 0 aliphatic rings. The van der Waals surface area contributed by atoms with Crippen LogP contribution >= 0.6 is 28.4 Å². The highest BCUT2D eigenvalue weighted by atomic mass is 127. The fourth-order valence-electron chi connectivity index (χ4n) is 5.25. The second-order valence-corrected chi connectivity index (χ2v) is 13.6. The lowest BCUT2D eigenvalue weighted by molar-refractivity contribution is 0.425. The maximum Gasteiger partial charge on any atom is 0.162 e. The monoisotopic (exact) mass is 763 g/mol. The molecule has 1 atom stereocenters. The predicted octanol–water partition coefficient (Wildman–Crippen LogP) is 8.83. The van der Waals surface area contributed by atoms with Crippen molar-refractivity contribution in [1.29, 1.82) is 0 Å². The number of hydrogen-bond acceptors (Lipinski definition) is 7. The number of rotatable bonds is 15. The Morgan fingerprint density at radius 3 is 2.68 bits per heavy atom. The van der Waals surface area contributed by atoms with E-state index in [4.69, 9.17) is 15.1 Å². The number of fused-ring (bicyclic) bond motifs is 1. The second-order valence-electron chi connectivity index (χ2n) is 11.6. The van der Waals surface area contributed by atoms with Crippen LogP contribution in [0.1, 0.15) is 43.1 Å². The van der Waals surface area contributed by atoms with Crippen LogP contribution in [0.25, 0.3) is 39.3 Å². The maximum absolute atomic E-state index is 14.9. The van der Waals surface area contributed by atoms with Gasteiger partial charge in [0.1, 0.15) is 11.5 Å². The van der Waals surface area contributed by atoms with E-state index in [-0.39, 0.29) is 5.82 Å². The molecule has 3 N–H and O–H groups in total. The molecule has 47 heavy (non-hydrogen) atoms. The summed E-state index contributed by atoms with van der Waals surface area (Å²) in [6, 6.07) is 9.11. The third-order valence-corrected chi connectivity index (χ3v) is 9.42. The number of aromatic nitrogens is 6. The Morgan fingerprint density at radius 1 is 1.13 bits per heavy atom. The van der Waals surface area contributed by atoms with Crippen molar-refractivity contribution in [2.75, 3.05) is 37.8 Å². The van der Waals surface area contributed by atoms with E-state index in [1.165, 1.54) is 12.1 Å². The molecule has 0 fully saturated rings. The molecule has 0 amide bonds. The molecule has 0 saturated carbocycles. The largest absolute Gasteiger partial charge is 0.384 e. The van der Waals surface area contributed by atoms with E-state index in [2.05, 4.69) is 79.8 Å². The van der Waals surface area contributed by atoms with Crippen LogP contribution in [0, 0.1) is 12.7 Å². The number of H-pyrrole nitrogens is 1. The fraction of sp³-hybridized carbons (Fsp3) is 0.257. The van der Waals surface area contributed by atoms with Gasteiger partial charge in [0.05, 0.1) is 29.3 Å². The minimum absolute atomic E-state index is 0.330. The number of halogens is 2. The average molecular weight is 764 g/mol. The average Bonchev–Trinajstić information content (AvgIpc) is 3.61. The number of nitrogens with one attached hydrogen (secondary N) is 3. The molecular formula is C35H40FIN9P. The zero-order chi connectivity index (χ0) is 33.5. The molecule has 0 radical (unpaired) electrons. The van der Waals surface area contributed by atoms with Crippen molar-refractivity contribution in [3.8, 4) is 22.6 Å². The molecule has 5 rings (SSSR count). The van der Waals surface area contributed by atoms with E-state index in [0.717, 1.165) is 70.6 Å². The summed E-state index contributed by atoms with van der Waals surface area (Å²) >= 11 is 2.31. The first kappa shape index (κ1) is 34.4. The first-order valence-electron chi connectivity index (χ1n) is 15.5. The summed E-state index contributed by atoms with van der Waals surface area (Å²) in [4.78, 5) is 19.9. The Hall–Kier alpha value is -3.93. The molecule has 244 valence electrons. The van der Waals surface area contributed by atoms with Gasteiger partial charge in [-0.25, -0.2) is 18.8 Å². The molecule has 4 aromatic heterocycles. The van der Waals surface area contributed by atoms with E-state index in [0.29, 0.717) is 41.4 Å². The van der Waals surface area contributed by atoms with Gasteiger partial charge >= 0.3 is 0 Å². The summed E-state index contributed by atoms with van der Waals surface area (Å²) in [5.41, 5.74) is 8.82. The third kappa shape index (κ3) is 8.33. The Morgan fingerprint density at radius 2 is 1.94 bits per heavy atom. The van der Waals surface area contributed by atoms with Crippen molar-refractivity contribution in [2.24, 2.45) is 0 Å². The Balaban J connectivity index is 1.52. The van der Waals surface area contributed by atoms with Crippen LogP contribution in [-0.2, 0) is 0 Å². The number of hydrogen-bond donors (Lipinski definition) is 3. The highest BCUT2D eigenvalue weighted by molar-refractivity contribution is 14.2. The van der Waals surface area contributed by atoms with Crippen LogP contribution in [-0.4, -0.2) is 61.6 Å². The third-order valence-electron chi connectivity index (χ3n) is 7.57. The molecule has 1 aromatic carbocycles. The minimum Gasteiger partial charge on any atom is -0.384 e. The molecule has 0 saturated heterocycles. The number of pyridine rings is 2. The number of anilines is 2. The fourth-order valence-corrected chi connectivity index (χ4v) is 6.66. The lowest BCUT2D eigenvalue weighted by Crippen LogP contribution is -2.20. The van der Waals surface area contributed by atoms with Crippen molar-refractivity contribution >= 4 is 56.4 Å². The summed E-state index contributed by atoms with van der Waals surface area (Å²) in [7, 11) is 4.01. The molecule has 0 bridgehead atoms. The summed E-state index contributed by atoms with van der Waals surface area (Å²) in [5, 5.41) is 12.5. The number of aryl methyl sites for hydroxylation is 1. The van der Waals surface area contributed by atoms with Crippen molar-refractivity contribution in [2.45, 2.75) is 33.1 Å². The van der Waals surface area contributed by atoms with Gasteiger partial charge in [0.2, 0.25) is 0 Å². The lowest BCUT2D eigenvalue weighted by atomic mass is 10.00. The summed E-state index contributed by atoms with van der Waals surface area (Å²) < 4.78 is 16.8. The summed E-state index contributed by atoms with van der Waals surface area (Å²) in [6.07, 6.45) is 12.5. The van der Waals surface area contributed by atoms with E-state index in [1.54, 1.807) is 12.3 Å². The zero-order valence-corrected chi connectivity index (χ0v) is 30.3. The second kappa shape index (κ2) is 15.8. The Kier molecular flexibility index (Phi) is 11.5. The smallest absolute Gasteiger partial charge is 0.162 e. The van der Waals surface area contributed by atoms with Crippen molar-refractivity contribution in [3.63, 3.8) is 0 Å². The van der Waals surface area contributed by atoms with Gasteiger partial charge in [-0.3, -0.25) is 4.98 Å². The van der Waals surface area contributed by atoms with Gasteiger partial charge in [-0.2, -0.15) is 5.10 Å². The number of imidazole rings is 1. The standard InChI is InChI=1S/C35H40FIN9P/c1-7-9-11-22(3)41-29-16-25(19-38-21-29)26-17-31-33(44-46(47-37)35(31)40-20-26)34-42-23(4)32(43-34)30(10-8-2)24-14-27(36)18-28(15-24)39-12-13-45(5)6/h8,10,14-21,39,41,47H,2-3,7,9,11-13H2,1,4-6H3,(H,42,43)/b30-10-. The number of aromatic amines is 1. The maximum atomic E-state index is 14.9. The van der Waals surface area contributed by atoms with E-state index < -0.39 is 0 Å². The van der Waals surface area contributed by atoms with E-state index >= 15 is 0 Å². The minimum atomic E-state index is -0.330. The van der Waals surface area contributed by atoms with Crippen LogP contribution in [0.4, 0.5) is 15.8 Å². The van der Waals surface area contributed by atoms with Crippen LogP contribution < -0.4 is 10.6 Å². The van der Waals surface area contributed by atoms with Gasteiger partial charge in [0.25, 0.3) is 0 Å². The number of unbranched alkanes of at least 4 members (excludes halogenated alkanes) is 1. The van der Waals surface area contributed by atoms with Gasteiger partial charge in [-0.15, -0.1) is 0 Å². The van der Waals surface area contributed by atoms with E-state index in [9.17, 15) is 4.39 Å². The van der Waals surface area contributed by atoms with Crippen molar-refractivity contribution < 1.29 is 4.39 Å². The lowest BCUT2D eigenvalue weighted by Gasteiger charge is -2.13. The van der Waals surface area contributed by atoms with E-state index in [1.807, 2.05) is 50.0 Å². The molecule has 5 aromatic rings. The van der Waals surface area contributed by atoms with Gasteiger partial charge in [0, 0.05) is 59.3 Å². The summed E-state index contributed by atoms with van der Waals surface area (Å²) in [6.45, 7) is 13.7. The number of nitrogens with zero attached hydrogens (tertiary/aromatic N) is 6. The topological polar surface area (TPSA) is 99.6 Å². The van der Waals surface area contributed by atoms with Crippen LogP contribution in [0.5, 0.6) is 0 Å². The predicted molar refractivity (Wildman–Crippen MR) is 204 cm³/mol. The first-order chi connectivity index (χ1) is 22.7. The highest BCUT2D eigenvalue weighted by Gasteiger charge is 2.21.